The quantitative estimate of drug-likeness (QED) is 0.341. The summed E-state index contributed by atoms with van der Waals surface area (Å²) >= 11 is 5.17. The van der Waals surface area contributed by atoms with Gasteiger partial charge in [-0.05, 0) is 42.6 Å². The molecular formula is C20H19BrN2O4S. The molecule has 3 rings (SSSR count). The second-order valence-corrected chi connectivity index (χ2v) is 7.75. The highest BCUT2D eigenvalue weighted by atomic mass is 79.9. The van der Waals surface area contributed by atoms with Gasteiger partial charge in [0.25, 0.3) is 0 Å². The summed E-state index contributed by atoms with van der Waals surface area (Å²) in [6.45, 7) is 3.14. The van der Waals surface area contributed by atoms with Crippen LogP contribution in [0.25, 0.3) is 0 Å². The van der Waals surface area contributed by atoms with E-state index in [-0.39, 0.29) is 12.0 Å². The van der Waals surface area contributed by atoms with Crippen molar-refractivity contribution >= 4 is 39.2 Å². The van der Waals surface area contributed by atoms with Gasteiger partial charge in [0.15, 0.2) is 12.0 Å². The van der Waals surface area contributed by atoms with E-state index in [1.54, 1.807) is 23.5 Å². The van der Waals surface area contributed by atoms with Gasteiger partial charge in [-0.1, -0.05) is 34.1 Å². The molecule has 1 N–H and O–H groups in total. The van der Waals surface area contributed by atoms with Gasteiger partial charge in [0.05, 0.1) is 12.8 Å². The molecule has 2 heterocycles. The maximum atomic E-state index is 10.7. The molecule has 1 atom stereocenters. The summed E-state index contributed by atoms with van der Waals surface area (Å²) < 4.78 is 11.9. The van der Waals surface area contributed by atoms with Gasteiger partial charge in [-0.25, -0.2) is 9.78 Å². The summed E-state index contributed by atoms with van der Waals surface area (Å²) in [4.78, 5) is 18.2. The van der Waals surface area contributed by atoms with Crippen molar-refractivity contribution in [3.63, 3.8) is 0 Å². The Hall–Kier alpha value is -2.42. The lowest BCUT2D eigenvalue weighted by Crippen LogP contribution is -2.31. The normalized spacial score (nSPS) is 11.8. The third-order valence-electron chi connectivity index (χ3n) is 3.94. The number of carboxylic acid groups (broad SMARTS) is 1. The SMILES string of the molecule is CCN(c1ccc(OC(=O)O)cn1)C(OCc1cccs1)c1cccc(Br)c1. The summed E-state index contributed by atoms with van der Waals surface area (Å²) in [5.74, 6) is 0.835. The molecule has 0 aliphatic heterocycles. The van der Waals surface area contributed by atoms with Gasteiger partial charge in [0.1, 0.15) is 5.82 Å². The zero-order valence-electron chi connectivity index (χ0n) is 15.1. The lowest BCUT2D eigenvalue weighted by molar-refractivity contribution is 0.0387. The van der Waals surface area contributed by atoms with Gasteiger partial charge < -0.3 is 19.5 Å². The number of thiophene rings is 1. The van der Waals surface area contributed by atoms with Crippen molar-refractivity contribution in [2.75, 3.05) is 11.4 Å². The Morgan fingerprint density at radius 1 is 1.29 bits per heavy atom. The first kappa shape index (κ1) is 20.3. The molecule has 0 aliphatic rings. The molecule has 0 radical (unpaired) electrons. The van der Waals surface area contributed by atoms with Crippen LogP contribution in [-0.2, 0) is 11.3 Å². The van der Waals surface area contributed by atoms with Gasteiger partial charge in [-0.2, -0.15) is 0 Å². The minimum absolute atomic E-state index is 0.172. The van der Waals surface area contributed by atoms with E-state index in [2.05, 4.69) is 25.7 Å². The Morgan fingerprint density at radius 2 is 2.14 bits per heavy atom. The summed E-state index contributed by atoms with van der Waals surface area (Å²) in [5.41, 5.74) is 0.987. The monoisotopic (exact) mass is 462 g/mol. The first-order valence-electron chi connectivity index (χ1n) is 8.59. The highest BCUT2D eigenvalue weighted by Gasteiger charge is 2.22. The smallest absolute Gasteiger partial charge is 0.449 e. The van der Waals surface area contributed by atoms with Crippen molar-refractivity contribution in [1.82, 2.24) is 4.98 Å². The highest BCUT2D eigenvalue weighted by molar-refractivity contribution is 9.10. The molecule has 1 unspecified atom stereocenters. The van der Waals surface area contributed by atoms with E-state index >= 15 is 0 Å². The van der Waals surface area contributed by atoms with Crippen molar-refractivity contribution in [3.8, 4) is 5.75 Å². The minimum atomic E-state index is -1.37. The van der Waals surface area contributed by atoms with E-state index in [9.17, 15) is 4.79 Å². The van der Waals surface area contributed by atoms with E-state index in [0.717, 1.165) is 14.9 Å². The maximum Gasteiger partial charge on any atom is 0.511 e. The third-order valence-corrected chi connectivity index (χ3v) is 5.28. The van der Waals surface area contributed by atoms with Crippen LogP contribution in [-0.4, -0.2) is 22.8 Å². The molecule has 0 aliphatic carbocycles. The summed E-state index contributed by atoms with van der Waals surface area (Å²) in [5, 5.41) is 10.8. The van der Waals surface area contributed by atoms with Crippen LogP contribution >= 0.6 is 27.3 Å². The minimum Gasteiger partial charge on any atom is -0.449 e. The number of anilines is 1. The van der Waals surface area contributed by atoms with E-state index in [4.69, 9.17) is 9.84 Å². The van der Waals surface area contributed by atoms with Gasteiger partial charge in [0.2, 0.25) is 0 Å². The molecule has 8 heteroatoms. The van der Waals surface area contributed by atoms with Crippen LogP contribution in [0, 0.1) is 0 Å². The van der Waals surface area contributed by atoms with E-state index in [0.29, 0.717) is 19.0 Å². The van der Waals surface area contributed by atoms with Crippen LogP contribution in [0.15, 0.2) is 64.6 Å². The maximum absolute atomic E-state index is 10.7. The van der Waals surface area contributed by atoms with Gasteiger partial charge >= 0.3 is 6.16 Å². The number of nitrogens with zero attached hydrogens (tertiary/aromatic N) is 2. The Labute approximate surface area is 175 Å². The Kier molecular flexibility index (Phi) is 7.02. The summed E-state index contributed by atoms with van der Waals surface area (Å²) in [6.07, 6.45) is -0.333. The fourth-order valence-electron chi connectivity index (χ4n) is 2.73. The second kappa shape index (κ2) is 9.68. The third kappa shape index (κ3) is 5.31. The molecule has 6 nitrogen and oxygen atoms in total. The summed E-state index contributed by atoms with van der Waals surface area (Å²) in [7, 11) is 0. The van der Waals surface area contributed by atoms with Crippen LogP contribution in [0.3, 0.4) is 0 Å². The lowest BCUT2D eigenvalue weighted by Gasteiger charge is -2.32. The zero-order chi connectivity index (χ0) is 19.9. The van der Waals surface area contributed by atoms with Gasteiger partial charge in [0, 0.05) is 21.5 Å². The largest absolute Gasteiger partial charge is 0.511 e. The number of ether oxygens (including phenoxy) is 2. The number of hydrogen-bond acceptors (Lipinski definition) is 6. The molecule has 3 aromatic rings. The van der Waals surface area contributed by atoms with E-state index in [1.165, 1.54) is 6.20 Å². The highest BCUT2D eigenvalue weighted by Crippen LogP contribution is 2.30. The topological polar surface area (TPSA) is 71.9 Å². The molecule has 0 saturated carbocycles. The molecular weight excluding hydrogens is 444 g/mol. The predicted octanol–water partition coefficient (Wildman–Crippen LogP) is 5.70. The van der Waals surface area contributed by atoms with Gasteiger partial charge in [-0.15, -0.1) is 11.3 Å². The molecule has 0 bridgehead atoms. The molecule has 0 amide bonds. The molecule has 0 saturated heterocycles. The Morgan fingerprint density at radius 3 is 2.75 bits per heavy atom. The summed E-state index contributed by atoms with van der Waals surface area (Å²) in [6, 6.07) is 15.3. The zero-order valence-corrected chi connectivity index (χ0v) is 17.5. The van der Waals surface area contributed by atoms with Crippen molar-refractivity contribution in [2.24, 2.45) is 0 Å². The molecule has 1 aromatic carbocycles. The first-order chi connectivity index (χ1) is 13.6. The second-order valence-electron chi connectivity index (χ2n) is 5.80. The Balaban J connectivity index is 1.88. The predicted molar refractivity (Wildman–Crippen MR) is 112 cm³/mol. The molecule has 28 heavy (non-hydrogen) atoms. The molecule has 2 aromatic heterocycles. The number of aromatic nitrogens is 1. The number of benzene rings is 1. The first-order valence-corrected chi connectivity index (χ1v) is 10.3. The number of pyridine rings is 1. The Bertz CT molecular complexity index is 903. The van der Waals surface area contributed by atoms with Crippen LogP contribution in [0.5, 0.6) is 5.75 Å². The van der Waals surface area contributed by atoms with Crippen LogP contribution < -0.4 is 9.64 Å². The fraction of sp³-hybridized carbons (Fsp3) is 0.200. The van der Waals surface area contributed by atoms with E-state index < -0.39 is 6.16 Å². The van der Waals surface area contributed by atoms with Crippen molar-refractivity contribution in [3.05, 3.63) is 75.0 Å². The van der Waals surface area contributed by atoms with Crippen LogP contribution in [0.1, 0.15) is 23.6 Å². The van der Waals surface area contributed by atoms with E-state index in [1.807, 2.05) is 53.6 Å². The molecule has 0 fully saturated rings. The molecule has 0 spiro atoms. The van der Waals surface area contributed by atoms with Crippen LogP contribution in [0.4, 0.5) is 10.6 Å². The van der Waals surface area contributed by atoms with Crippen molar-refractivity contribution < 1.29 is 19.4 Å². The lowest BCUT2D eigenvalue weighted by atomic mass is 10.1. The standard InChI is InChI=1S/C20H19BrN2O4S/c1-2-23(18-9-8-16(12-22-18)27-20(24)25)19(14-5-3-6-15(21)11-14)26-13-17-7-4-10-28-17/h3-12,19H,2,13H2,1H3,(H,24,25). The number of halogens is 1. The average molecular weight is 463 g/mol. The fourth-order valence-corrected chi connectivity index (χ4v) is 3.78. The number of carbonyl (C=O) groups is 1. The molecule has 146 valence electrons. The number of hydrogen-bond donors (Lipinski definition) is 1. The van der Waals surface area contributed by atoms with Crippen LogP contribution in [0.2, 0.25) is 0 Å². The average Bonchev–Trinajstić information content (AvgIpc) is 3.19. The number of rotatable bonds is 8. The van der Waals surface area contributed by atoms with Crippen molar-refractivity contribution in [1.29, 1.82) is 0 Å². The van der Waals surface area contributed by atoms with Crippen molar-refractivity contribution in [2.45, 2.75) is 19.8 Å². The van der Waals surface area contributed by atoms with Gasteiger partial charge in [-0.3, -0.25) is 0 Å².